The van der Waals surface area contributed by atoms with Gasteiger partial charge in [-0.05, 0) is 48.8 Å². The number of aromatic nitrogens is 2. The van der Waals surface area contributed by atoms with E-state index in [1.807, 2.05) is 6.07 Å². The first kappa shape index (κ1) is 23.5. The van der Waals surface area contributed by atoms with Crippen LogP contribution in [0.2, 0.25) is 0 Å². The third kappa shape index (κ3) is 5.30. The normalized spacial score (nSPS) is 15.5. The molecule has 3 aromatic rings. The summed E-state index contributed by atoms with van der Waals surface area (Å²) in [7, 11) is 0. The van der Waals surface area contributed by atoms with Crippen molar-refractivity contribution in [1.82, 2.24) is 20.4 Å². The van der Waals surface area contributed by atoms with Crippen molar-refractivity contribution in [2.24, 2.45) is 11.8 Å². The molecule has 0 spiro atoms. The van der Waals surface area contributed by atoms with Crippen molar-refractivity contribution in [3.05, 3.63) is 56.7 Å². The monoisotopic (exact) mass is 484 g/mol. The molecule has 2 aromatic heterocycles. The van der Waals surface area contributed by atoms with E-state index in [1.165, 1.54) is 22.2 Å². The van der Waals surface area contributed by atoms with Crippen LogP contribution < -0.4 is 16.4 Å². The van der Waals surface area contributed by atoms with E-state index in [0.717, 1.165) is 29.5 Å². The Morgan fingerprint density at radius 3 is 2.73 bits per heavy atom. The van der Waals surface area contributed by atoms with E-state index < -0.39 is 0 Å². The fourth-order valence-corrected chi connectivity index (χ4v) is 6.23. The van der Waals surface area contributed by atoms with Crippen LogP contribution in [0.15, 0.2) is 40.3 Å². The molecule has 9 heteroatoms. The highest BCUT2D eigenvalue weighted by molar-refractivity contribution is 7.99. The number of hydrogen-bond acceptors (Lipinski definition) is 6. The molecular weight excluding hydrogens is 456 g/mol. The Bertz CT molecular complexity index is 1230. The Kier molecular flexibility index (Phi) is 7.19. The van der Waals surface area contributed by atoms with E-state index in [0.29, 0.717) is 23.2 Å². The van der Waals surface area contributed by atoms with Crippen molar-refractivity contribution in [3.63, 3.8) is 0 Å². The van der Waals surface area contributed by atoms with Gasteiger partial charge in [-0.1, -0.05) is 50.7 Å². The number of fused-ring (bicyclic) bond motifs is 3. The Morgan fingerprint density at radius 1 is 1.24 bits per heavy atom. The van der Waals surface area contributed by atoms with Crippen LogP contribution in [0.5, 0.6) is 0 Å². The van der Waals surface area contributed by atoms with E-state index in [4.69, 9.17) is 4.98 Å². The molecule has 1 aliphatic carbocycles. The number of carbonyl (C=O) groups excluding carboxylic acids is 2. The summed E-state index contributed by atoms with van der Waals surface area (Å²) >= 11 is 2.83. The molecule has 2 N–H and O–H groups in total. The van der Waals surface area contributed by atoms with Crippen LogP contribution >= 0.6 is 23.1 Å². The summed E-state index contributed by atoms with van der Waals surface area (Å²) in [6, 6.07) is 8.66. The summed E-state index contributed by atoms with van der Waals surface area (Å²) in [5.74, 6) is 0.159. The molecular formula is C24H28N4O3S2. The van der Waals surface area contributed by atoms with Gasteiger partial charge in [-0.15, -0.1) is 11.3 Å². The van der Waals surface area contributed by atoms with Gasteiger partial charge in [0.1, 0.15) is 4.83 Å². The second kappa shape index (κ2) is 10.1. The molecule has 0 bridgehead atoms. The smallest absolute Gasteiger partial charge is 0.269 e. The minimum atomic E-state index is -0.386. The van der Waals surface area contributed by atoms with Crippen LogP contribution in [0.4, 0.5) is 0 Å². The summed E-state index contributed by atoms with van der Waals surface area (Å²) in [5, 5.41) is 1.30. The van der Waals surface area contributed by atoms with Crippen molar-refractivity contribution in [2.45, 2.75) is 51.7 Å². The minimum absolute atomic E-state index is 0.0129. The average molecular weight is 485 g/mol. The number of thioether (sulfide) groups is 1. The van der Waals surface area contributed by atoms with Gasteiger partial charge in [-0.25, -0.2) is 4.98 Å². The minimum Gasteiger partial charge on any atom is -0.287 e. The maximum Gasteiger partial charge on any atom is 0.269 e. The summed E-state index contributed by atoms with van der Waals surface area (Å²) < 4.78 is 1.71. The average Bonchev–Trinajstić information content (AvgIpc) is 3.15. The summed E-state index contributed by atoms with van der Waals surface area (Å²) in [6.07, 6.45) is 3.00. The number of carbonyl (C=O) groups is 2. The summed E-state index contributed by atoms with van der Waals surface area (Å²) in [5.41, 5.74) is 6.47. The number of hydrogen-bond donors (Lipinski definition) is 2. The lowest BCUT2D eigenvalue weighted by Crippen LogP contribution is -2.42. The molecule has 2 heterocycles. The lowest BCUT2D eigenvalue weighted by molar-refractivity contribution is -0.119. The maximum absolute atomic E-state index is 13.5. The van der Waals surface area contributed by atoms with Gasteiger partial charge in [-0.3, -0.25) is 29.8 Å². The quantitative estimate of drug-likeness (QED) is 0.315. The van der Waals surface area contributed by atoms with E-state index in [1.54, 1.807) is 40.2 Å². The molecule has 0 saturated heterocycles. The topological polar surface area (TPSA) is 93.1 Å². The highest BCUT2D eigenvalue weighted by Crippen LogP contribution is 2.36. The molecule has 4 rings (SSSR count). The lowest BCUT2D eigenvalue weighted by atomic mass is 9.89. The number of nitrogens with zero attached hydrogens (tertiary/aromatic N) is 2. The van der Waals surface area contributed by atoms with Gasteiger partial charge in [0.05, 0.1) is 11.1 Å². The largest absolute Gasteiger partial charge is 0.287 e. The second-order valence-corrected chi connectivity index (χ2v) is 10.9. The van der Waals surface area contributed by atoms with Gasteiger partial charge in [0, 0.05) is 17.0 Å². The number of aryl methyl sites for hydroxylation is 1. The molecule has 33 heavy (non-hydrogen) atoms. The van der Waals surface area contributed by atoms with Crippen LogP contribution in [-0.2, 0) is 24.2 Å². The first-order valence-electron chi connectivity index (χ1n) is 11.2. The third-order valence-corrected chi connectivity index (χ3v) is 7.74. The van der Waals surface area contributed by atoms with E-state index in [2.05, 4.69) is 31.6 Å². The molecule has 1 aliphatic rings. The standard InChI is InChI=1S/C24H28N4O3S2/c1-14(2)12-28-23(31)20-17-10-9-15(3)11-18(17)33-22(20)25-24(28)32-13-19(29)26-27-21(30)16-7-5-4-6-8-16/h4-8,14-15H,9-13H2,1-3H3,(H,26,29)(H,27,30). The predicted octanol–water partition coefficient (Wildman–Crippen LogP) is 3.79. The van der Waals surface area contributed by atoms with Crippen molar-refractivity contribution in [2.75, 3.05) is 5.75 Å². The van der Waals surface area contributed by atoms with Gasteiger partial charge < -0.3 is 0 Å². The molecule has 0 radical (unpaired) electrons. The maximum atomic E-state index is 13.5. The van der Waals surface area contributed by atoms with Crippen LogP contribution in [0, 0.1) is 11.8 Å². The van der Waals surface area contributed by atoms with Crippen LogP contribution in [0.3, 0.4) is 0 Å². The molecule has 1 unspecified atom stereocenters. The van der Waals surface area contributed by atoms with Gasteiger partial charge in [0.2, 0.25) is 5.91 Å². The van der Waals surface area contributed by atoms with Crippen LogP contribution in [-0.4, -0.2) is 27.1 Å². The predicted molar refractivity (Wildman–Crippen MR) is 133 cm³/mol. The van der Waals surface area contributed by atoms with Crippen molar-refractivity contribution < 1.29 is 9.59 Å². The molecule has 174 valence electrons. The fourth-order valence-electron chi connectivity index (χ4n) is 4.00. The molecule has 2 amide bonds. The highest BCUT2D eigenvalue weighted by atomic mass is 32.2. The fraction of sp³-hybridized carbons (Fsp3) is 0.417. The number of amides is 2. The van der Waals surface area contributed by atoms with Crippen LogP contribution in [0.25, 0.3) is 10.2 Å². The first-order valence-corrected chi connectivity index (χ1v) is 13.0. The van der Waals surface area contributed by atoms with Crippen molar-refractivity contribution in [1.29, 1.82) is 0 Å². The number of thiophene rings is 1. The Balaban J connectivity index is 1.52. The Hall–Kier alpha value is -2.65. The van der Waals surface area contributed by atoms with Gasteiger partial charge >= 0.3 is 0 Å². The molecule has 0 saturated carbocycles. The first-order chi connectivity index (χ1) is 15.8. The SMILES string of the molecule is CC(C)Cn1c(SCC(=O)NNC(=O)c2ccccc2)nc2sc3c(c2c1=O)CCC(C)C3. The van der Waals surface area contributed by atoms with E-state index in [-0.39, 0.29) is 29.0 Å². The van der Waals surface area contributed by atoms with Gasteiger partial charge in [0.15, 0.2) is 5.16 Å². The molecule has 7 nitrogen and oxygen atoms in total. The lowest BCUT2D eigenvalue weighted by Gasteiger charge is -2.18. The van der Waals surface area contributed by atoms with Crippen LogP contribution in [0.1, 0.15) is 48.0 Å². The number of hydrazine groups is 1. The highest BCUT2D eigenvalue weighted by Gasteiger charge is 2.25. The van der Waals surface area contributed by atoms with E-state index in [9.17, 15) is 14.4 Å². The number of nitrogens with one attached hydrogen (secondary N) is 2. The van der Waals surface area contributed by atoms with Gasteiger partial charge in [0.25, 0.3) is 11.5 Å². The van der Waals surface area contributed by atoms with Crippen molar-refractivity contribution >= 4 is 45.1 Å². The zero-order valence-corrected chi connectivity index (χ0v) is 20.6. The Morgan fingerprint density at radius 2 is 2.00 bits per heavy atom. The van der Waals surface area contributed by atoms with E-state index >= 15 is 0 Å². The second-order valence-electron chi connectivity index (χ2n) is 8.89. The third-order valence-electron chi connectivity index (χ3n) is 5.61. The summed E-state index contributed by atoms with van der Waals surface area (Å²) in [6.45, 7) is 6.90. The molecule has 0 fully saturated rings. The number of benzene rings is 1. The molecule has 0 aliphatic heterocycles. The van der Waals surface area contributed by atoms with Gasteiger partial charge in [-0.2, -0.15) is 0 Å². The molecule has 1 atom stereocenters. The zero-order valence-electron chi connectivity index (χ0n) is 19.0. The number of rotatable bonds is 6. The zero-order chi connectivity index (χ0) is 23.5. The summed E-state index contributed by atoms with van der Waals surface area (Å²) in [4.78, 5) is 44.8. The molecule has 1 aromatic carbocycles. The van der Waals surface area contributed by atoms with Crippen molar-refractivity contribution in [3.8, 4) is 0 Å². The Labute approximate surface area is 201 Å².